The van der Waals surface area contributed by atoms with Gasteiger partial charge in [0.1, 0.15) is 12.2 Å². The minimum absolute atomic E-state index is 0.0522. The second-order valence-corrected chi connectivity index (χ2v) is 10.1. The van der Waals surface area contributed by atoms with Crippen molar-refractivity contribution in [3.63, 3.8) is 0 Å². The van der Waals surface area contributed by atoms with E-state index in [0.717, 1.165) is 11.1 Å². The van der Waals surface area contributed by atoms with Crippen molar-refractivity contribution < 1.29 is 28.6 Å². The van der Waals surface area contributed by atoms with Crippen LogP contribution in [0.2, 0.25) is 0 Å². The number of methoxy groups -OCH3 is 1. The molecular weight excluding hydrogens is 498 g/mol. The van der Waals surface area contributed by atoms with E-state index >= 15 is 0 Å². The number of benzene rings is 2. The number of pyridine rings is 1. The first kappa shape index (κ1) is 29.2. The number of nitrogens with one attached hydrogen (secondary N) is 2. The molecule has 1 heterocycles. The maximum absolute atomic E-state index is 13.1. The van der Waals surface area contributed by atoms with E-state index in [9.17, 15) is 14.4 Å². The Labute approximate surface area is 228 Å². The van der Waals surface area contributed by atoms with E-state index in [1.165, 1.54) is 7.11 Å². The molecule has 1 aromatic heterocycles. The molecule has 1 unspecified atom stereocenters. The first-order chi connectivity index (χ1) is 18.6. The van der Waals surface area contributed by atoms with E-state index in [4.69, 9.17) is 14.2 Å². The van der Waals surface area contributed by atoms with Gasteiger partial charge in [-0.25, -0.2) is 9.59 Å². The van der Waals surface area contributed by atoms with Crippen molar-refractivity contribution in [2.24, 2.45) is 5.92 Å². The Morgan fingerprint density at radius 1 is 0.949 bits per heavy atom. The first-order valence-corrected chi connectivity index (χ1v) is 12.6. The number of hydrogen-bond acceptors (Lipinski definition) is 7. The zero-order chi connectivity index (χ0) is 28.4. The summed E-state index contributed by atoms with van der Waals surface area (Å²) < 4.78 is 16.0. The summed E-state index contributed by atoms with van der Waals surface area (Å²) in [5.41, 5.74) is 2.42. The summed E-state index contributed by atoms with van der Waals surface area (Å²) in [4.78, 5) is 43.0. The SMILES string of the molecule is COC(=O)C(Cc1ncc(C)cc1NC(=O)OCc1ccccc1)[C@H](NC(=O)OC(C)(C)C)c1ccccc1. The number of ether oxygens (including phenoxy) is 3. The zero-order valence-electron chi connectivity index (χ0n) is 22.9. The summed E-state index contributed by atoms with van der Waals surface area (Å²) in [5.74, 6) is -1.44. The monoisotopic (exact) mass is 533 g/mol. The molecular formula is C30H35N3O6. The van der Waals surface area contributed by atoms with Crippen molar-refractivity contribution in [2.75, 3.05) is 12.4 Å². The highest BCUT2D eigenvalue weighted by atomic mass is 16.6. The van der Waals surface area contributed by atoms with Crippen molar-refractivity contribution in [1.82, 2.24) is 10.3 Å². The minimum Gasteiger partial charge on any atom is -0.469 e. The molecule has 9 nitrogen and oxygen atoms in total. The van der Waals surface area contributed by atoms with E-state index in [1.807, 2.05) is 55.5 Å². The number of hydrogen-bond donors (Lipinski definition) is 2. The van der Waals surface area contributed by atoms with Crippen LogP contribution in [0.3, 0.4) is 0 Å². The fourth-order valence-electron chi connectivity index (χ4n) is 3.95. The molecule has 0 aliphatic heterocycles. The molecule has 2 N–H and O–H groups in total. The van der Waals surface area contributed by atoms with Crippen molar-refractivity contribution in [2.45, 2.75) is 52.4 Å². The van der Waals surface area contributed by atoms with E-state index < -0.39 is 35.7 Å². The summed E-state index contributed by atoms with van der Waals surface area (Å²) in [6.45, 7) is 7.21. The Hall–Kier alpha value is -4.40. The number of alkyl carbamates (subject to hydrolysis) is 1. The molecule has 3 aromatic rings. The number of amides is 2. The minimum atomic E-state index is -0.888. The standard InChI is InChI=1S/C30H35N3O6/c1-20-16-25(32-28(35)38-19-21-12-8-6-9-13-21)24(31-18-20)17-23(27(34)37-5)26(22-14-10-7-11-15-22)33-29(36)39-30(2,3)4/h6-16,18,23,26H,17,19H2,1-5H3,(H,32,35)(H,33,36)/t23?,26-/m1/s1. The Morgan fingerprint density at radius 2 is 1.59 bits per heavy atom. The summed E-state index contributed by atoms with van der Waals surface area (Å²) in [5, 5.41) is 5.58. The Kier molecular flexibility index (Phi) is 10.0. The predicted octanol–water partition coefficient (Wildman–Crippen LogP) is 5.74. The Morgan fingerprint density at radius 3 is 2.21 bits per heavy atom. The largest absolute Gasteiger partial charge is 0.469 e. The zero-order valence-corrected chi connectivity index (χ0v) is 22.9. The van der Waals surface area contributed by atoms with Crippen LogP contribution in [0.1, 0.15) is 49.2 Å². The smallest absolute Gasteiger partial charge is 0.412 e. The maximum Gasteiger partial charge on any atom is 0.412 e. The average molecular weight is 534 g/mol. The van der Waals surface area contributed by atoms with Gasteiger partial charge in [-0.2, -0.15) is 0 Å². The van der Waals surface area contributed by atoms with Gasteiger partial charge in [-0.1, -0.05) is 60.7 Å². The molecule has 0 saturated carbocycles. The highest BCUT2D eigenvalue weighted by Gasteiger charge is 2.34. The van der Waals surface area contributed by atoms with Crippen molar-refractivity contribution in [3.05, 3.63) is 95.3 Å². The van der Waals surface area contributed by atoms with Crippen LogP contribution in [-0.2, 0) is 32.0 Å². The van der Waals surface area contributed by atoms with Crippen LogP contribution in [0, 0.1) is 12.8 Å². The van der Waals surface area contributed by atoms with Crippen molar-refractivity contribution in [1.29, 1.82) is 0 Å². The molecule has 2 atom stereocenters. The van der Waals surface area contributed by atoms with E-state index in [-0.39, 0.29) is 13.0 Å². The number of aryl methyl sites for hydroxylation is 1. The molecule has 0 spiro atoms. The summed E-state index contributed by atoms with van der Waals surface area (Å²) in [6.07, 6.45) is 0.359. The molecule has 39 heavy (non-hydrogen) atoms. The van der Waals surface area contributed by atoms with Gasteiger partial charge in [-0.3, -0.25) is 15.1 Å². The third-order valence-corrected chi connectivity index (χ3v) is 5.71. The third-order valence-electron chi connectivity index (χ3n) is 5.71. The van der Waals surface area contributed by atoms with E-state index in [0.29, 0.717) is 16.9 Å². The number of aromatic nitrogens is 1. The van der Waals surface area contributed by atoms with Crippen LogP contribution in [0.4, 0.5) is 15.3 Å². The van der Waals surface area contributed by atoms with Gasteiger partial charge >= 0.3 is 18.2 Å². The highest BCUT2D eigenvalue weighted by Crippen LogP contribution is 2.29. The van der Waals surface area contributed by atoms with Gasteiger partial charge in [0.05, 0.1) is 30.5 Å². The maximum atomic E-state index is 13.1. The van der Waals surface area contributed by atoms with Gasteiger partial charge in [-0.05, 0) is 50.5 Å². The van der Waals surface area contributed by atoms with Crippen LogP contribution in [-0.4, -0.2) is 35.9 Å². The lowest BCUT2D eigenvalue weighted by molar-refractivity contribution is -0.146. The van der Waals surface area contributed by atoms with Crippen molar-refractivity contribution in [3.8, 4) is 0 Å². The van der Waals surface area contributed by atoms with E-state index in [1.54, 1.807) is 45.2 Å². The molecule has 0 radical (unpaired) electrons. The second-order valence-electron chi connectivity index (χ2n) is 10.1. The van der Waals surface area contributed by atoms with Gasteiger partial charge in [0.15, 0.2) is 0 Å². The van der Waals surface area contributed by atoms with Gasteiger partial charge in [0, 0.05) is 12.6 Å². The van der Waals surface area contributed by atoms with Crippen LogP contribution in [0.25, 0.3) is 0 Å². The lowest BCUT2D eigenvalue weighted by Crippen LogP contribution is -2.41. The molecule has 0 aliphatic carbocycles. The summed E-state index contributed by atoms with van der Waals surface area (Å²) in [7, 11) is 1.29. The first-order valence-electron chi connectivity index (χ1n) is 12.6. The molecule has 0 fully saturated rings. The summed E-state index contributed by atoms with van der Waals surface area (Å²) in [6, 6.07) is 19.3. The van der Waals surface area contributed by atoms with Gasteiger partial charge in [0.25, 0.3) is 0 Å². The third kappa shape index (κ3) is 9.14. The number of nitrogens with zero attached hydrogens (tertiary/aromatic N) is 1. The summed E-state index contributed by atoms with van der Waals surface area (Å²) >= 11 is 0. The molecule has 0 aliphatic rings. The molecule has 9 heteroatoms. The molecule has 206 valence electrons. The van der Waals surface area contributed by atoms with E-state index in [2.05, 4.69) is 15.6 Å². The number of esters is 1. The average Bonchev–Trinajstić information content (AvgIpc) is 2.90. The van der Waals surface area contributed by atoms with Gasteiger partial charge < -0.3 is 19.5 Å². The number of anilines is 1. The molecule has 0 bridgehead atoms. The second kappa shape index (κ2) is 13.4. The fraction of sp³-hybridized carbons (Fsp3) is 0.333. The topological polar surface area (TPSA) is 116 Å². The number of rotatable bonds is 9. The lowest BCUT2D eigenvalue weighted by atomic mass is 9.88. The molecule has 2 amide bonds. The van der Waals surface area contributed by atoms with Gasteiger partial charge in [0.2, 0.25) is 0 Å². The highest BCUT2D eigenvalue weighted by molar-refractivity contribution is 5.85. The lowest BCUT2D eigenvalue weighted by Gasteiger charge is -2.28. The quantitative estimate of drug-likeness (QED) is 0.266. The van der Waals surface area contributed by atoms with Crippen molar-refractivity contribution >= 4 is 23.8 Å². The predicted molar refractivity (Wildman–Crippen MR) is 147 cm³/mol. The van der Waals surface area contributed by atoms with Crippen LogP contribution in [0.15, 0.2) is 72.9 Å². The van der Waals surface area contributed by atoms with Crippen LogP contribution < -0.4 is 10.6 Å². The number of carbonyl (C=O) groups is 3. The normalized spacial score (nSPS) is 12.5. The molecule has 0 saturated heterocycles. The number of carbonyl (C=O) groups excluding carboxylic acids is 3. The van der Waals surface area contributed by atoms with Crippen LogP contribution >= 0.6 is 0 Å². The fourth-order valence-corrected chi connectivity index (χ4v) is 3.95. The van der Waals surface area contributed by atoms with Crippen LogP contribution in [0.5, 0.6) is 0 Å². The molecule has 3 rings (SSSR count). The van der Waals surface area contributed by atoms with Gasteiger partial charge in [-0.15, -0.1) is 0 Å². The molecule has 2 aromatic carbocycles. The Bertz CT molecular complexity index is 1260. The Balaban J connectivity index is 1.88.